The quantitative estimate of drug-likeness (QED) is 0.782. The molecule has 4 heteroatoms. The molecule has 0 aliphatic rings. The summed E-state index contributed by atoms with van der Waals surface area (Å²) in [4.78, 5) is 4.06. The maximum Gasteiger partial charge on any atom is 0.138 e. The molecule has 21 heavy (non-hydrogen) atoms. The summed E-state index contributed by atoms with van der Waals surface area (Å²) < 4.78 is 8.06. The van der Waals surface area contributed by atoms with Gasteiger partial charge in [-0.05, 0) is 24.6 Å². The van der Waals surface area contributed by atoms with Crippen molar-refractivity contribution in [1.82, 2.24) is 9.55 Å². The van der Waals surface area contributed by atoms with E-state index in [1.54, 1.807) is 12.4 Å². The summed E-state index contributed by atoms with van der Waals surface area (Å²) in [6.07, 6.45) is 5.62. The second-order valence-corrected chi connectivity index (χ2v) is 4.94. The molecule has 0 unspecified atom stereocenters. The third kappa shape index (κ3) is 2.62. The third-order valence-electron chi connectivity index (χ3n) is 3.65. The van der Waals surface area contributed by atoms with Crippen molar-refractivity contribution in [2.24, 2.45) is 5.73 Å². The van der Waals surface area contributed by atoms with E-state index in [-0.39, 0.29) is 0 Å². The SMILES string of the molecule is CCn1cc(COc2cccnc2)c2cccc(CN)c21. The van der Waals surface area contributed by atoms with Gasteiger partial charge in [0, 0.05) is 36.4 Å². The minimum absolute atomic E-state index is 0.531. The number of aryl methyl sites for hydroxylation is 1. The van der Waals surface area contributed by atoms with E-state index in [4.69, 9.17) is 10.5 Å². The second kappa shape index (κ2) is 5.97. The van der Waals surface area contributed by atoms with Gasteiger partial charge in [-0.25, -0.2) is 0 Å². The van der Waals surface area contributed by atoms with E-state index in [2.05, 4.69) is 40.9 Å². The molecular formula is C17H19N3O. The zero-order chi connectivity index (χ0) is 14.7. The van der Waals surface area contributed by atoms with Gasteiger partial charge in [0.2, 0.25) is 0 Å². The fourth-order valence-electron chi connectivity index (χ4n) is 2.63. The normalized spacial score (nSPS) is 11.0. The summed E-state index contributed by atoms with van der Waals surface area (Å²) in [7, 11) is 0. The summed E-state index contributed by atoms with van der Waals surface area (Å²) in [6.45, 7) is 4.13. The summed E-state index contributed by atoms with van der Waals surface area (Å²) in [5, 5.41) is 1.21. The van der Waals surface area contributed by atoms with E-state index >= 15 is 0 Å². The van der Waals surface area contributed by atoms with Crippen LogP contribution in [0.5, 0.6) is 5.75 Å². The van der Waals surface area contributed by atoms with Gasteiger partial charge in [0.1, 0.15) is 12.4 Å². The number of nitrogens with zero attached hydrogens (tertiary/aromatic N) is 2. The maximum atomic E-state index is 5.86. The molecule has 0 atom stereocenters. The predicted octanol–water partition coefficient (Wildman–Crippen LogP) is 3.09. The average molecular weight is 281 g/mol. The van der Waals surface area contributed by atoms with Gasteiger partial charge in [0.25, 0.3) is 0 Å². The van der Waals surface area contributed by atoms with Crippen LogP contribution in [-0.4, -0.2) is 9.55 Å². The lowest BCUT2D eigenvalue weighted by atomic mass is 10.1. The molecule has 0 aliphatic carbocycles. The zero-order valence-electron chi connectivity index (χ0n) is 12.1. The second-order valence-electron chi connectivity index (χ2n) is 4.94. The standard InChI is InChI=1S/C17H19N3O/c1-2-20-11-14(12-21-15-6-4-8-19-10-15)16-7-3-5-13(9-18)17(16)20/h3-8,10-11H,2,9,12,18H2,1H3. The molecule has 2 aromatic heterocycles. The monoisotopic (exact) mass is 281 g/mol. The maximum absolute atomic E-state index is 5.86. The van der Waals surface area contributed by atoms with Crippen LogP contribution >= 0.6 is 0 Å². The van der Waals surface area contributed by atoms with Crippen LogP contribution in [0.1, 0.15) is 18.1 Å². The van der Waals surface area contributed by atoms with Gasteiger partial charge in [-0.3, -0.25) is 4.98 Å². The van der Waals surface area contributed by atoms with E-state index < -0.39 is 0 Å². The van der Waals surface area contributed by atoms with Gasteiger partial charge in [0.15, 0.2) is 0 Å². The molecule has 0 saturated carbocycles. The lowest BCUT2D eigenvalue weighted by Gasteiger charge is -2.06. The first-order valence-corrected chi connectivity index (χ1v) is 7.16. The number of para-hydroxylation sites is 1. The Kier molecular flexibility index (Phi) is 3.88. The summed E-state index contributed by atoms with van der Waals surface area (Å²) in [5.74, 6) is 0.782. The first kappa shape index (κ1) is 13.6. The predicted molar refractivity (Wildman–Crippen MR) is 84.1 cm³/mol. The highest BCUT2D eigenvalue weighted by molar-refractivity contribution is 5.86. The van der Waals surface area contributed by atoms with Crippen LogP contribution in [-0.2, 0) is 19.7 Å². The number of benzene rings is 1. The van der Waals surface area contributed by atoms with E-state index in [0.717, 1.165) is 12.3 Å². The number of hydrogen-bond acceptors (Lipinski definition) is 3. The first-order valence-electron chi connectivity index (χ1n) is 7.16. The van der Waals surface area contributed by atoms with E-state index in [0.29, 0.717) is 13.2 Å². The molecule has 0 aliphatic heterocycles. The van der Waals surface area contributed by atoms with E-state index in [1.807, 2.05) is 12.1 Å². The largest absolute Gasteiger partial charge is 0.487 e. The number of fused-ring (bicyclic) bond motifs is 1. The minimum Gasteiger partial charge on any atom is -0.487 e. The third-order valence-corrected chi connectivity index (χ3v) is 3.65. The molecule has 0 bridgehead atoms. The summed E-state index contributed by atoms with van der Waals surface area (Å²) in [5.41, 5.74) is 9.42. The first-order chi connectivity index (χ1) is 10.3. The molecular weight excluding hydrogens is 262 g/mol. The highest BCUT2D eigenvalue weighted by Crippen LogP contribution is 2.26. The summed E-state index contributed by atoms with van der Waals surface area (Å²) in [6, 6.07) is 10.1. The Morgan fingerprint density at radius 1 is 1.19 bits per heavy atom. The molecule has 3 rings (SSSR count). The van der Waals surface area contributed by atoms with Crippen molar-refractivity contribution in [3.63, 3.8) is 0 Å². The van der Waals surface area contributed by atoms with Crippen LogP contribution in [0.4, 0.5) is 0 Å². The van der Waals surface area contributed by atoms with Crippen molar-refractivity contribution in [3.8, 4) is 5.75 Å². The number of rotatable bonds is 5. The highest BCUT2D eigenvalue weighted by Gasteiger charge is 2.11. The van der Waals surface area contributed by atoms with Gasteiger partial charge >= 0.3 is 0 Å². The Morgan fingerprint density at radius 3 is 2.81 bits per heavy atom. The van der Waals surface area contributed by atoms with Gasteiger partial charge in [-0.1, -0.05) is 18.2 Å². The molecule has 2 heterocycles. The Labute approximate surface area is 124 Å². The molecule has 0 saturated heterocycles. The van der Waals surface area contributed by atoms with Crippen molar-refractivity contribution in [2.75, 3.05) is 0 Å². The Hall–Kier alpha value is -2.33. The van der Waals surface area contributed by atoms with Crippen LogP contribution in [0.15, 0.2) is 48.9 Å². The highest BCUT2D eigenvalue weighted by atomic mass is 16.5. The molecule has 0 spiro atoms. The lowest BCUT2D eigenvalue weighted by molar-refractivity contribution is 0.306. The molecule has 1 aromatic carbocycles. The smallest absolute Gasteiger partial charge is 0.138 e. The number of nitrogens with two attached hydrogens (primary N) is 1. The van der Waals surface area contributed by atoms with Crippen LogP contribution < -0.4 is 10.5 Å². The van der Waals surface area contributed by atoms with Gasteiger partial charge < -0.3 is 15.0 Å². The van der Waals surface area contributed by atoms with E-state index in [1.165, 1.54) is 22.0 Å². The van der Waals surface area contributed by atoms with Crippen molar-refractivity contribution in [1.29, 1.82) is 0 Å². The van der Waals surface area contributed by atoms with Crippen molar-refractivity contribution in [2.45, 2.75) is 26.6 Å². The minimum atomic E-state index is 0.531. The van der Waals surface area contributed by atoms with Crippen LogP contribution in [0.3, 0.4) is 0 Å². The van der Waals surface area contributed by atoms with Gasteiger partial charge in [-0.2, -0.15) is 0 Å². The van der Waals surface area contributed by atoms with Gasteiger partial charge in [0.05, 0.1) is 11.7 Å². The average Bonchev–Trinajstić information content (AvgIpc) is 2.92. The zero-order valence-corrected chi connectivity index (χ0v) is 12.1. The molecule has 0 radical (unpaired) electrons. The van der Waals surface area contributed by atoms with Crippen molar-refractivity contribution >= 4 is 10.9 Å². The topological polar surface area (TPSA) is 53.1 Å². The molecule has 0 fully saturated rings. The van der Waals surface area contributed by atoms with E-state index in [9.17, 15) is 0 Å². The van der Waals surface area contributed by atoms with Crippen LogP contribution in [0.2, 0.25) is 0 Å². The van der Waals surface area contributed by atoms with Crippen molar-refractivity contribution < 1.29 is 4.74 Å². The lowest BCUT2D eigenvalue weighted by Crippen LogP contribution is -2.00. The van der Waals surface area contributed by atoms with Gasteiger partial charge in [-0.15, -0.1) is 0 Å². The van der Waals surface area contributed by atoms with Crippen molar-refractivity contribution in [3.05, 3.63) is 60.0 Å². The Morgan fingerprint density at radius 2 is 2.10 bits per heavy atom. The number of aromatic nitrogens is 2. The number of pyridine rings is 1. The summed E-state index contributed by atoms with van der Waals surface area (Å²) >= 11 is 0. The number of ether oxygens (including phenoxy) is 1. The fraction of sp³-hybridized carbons (Fsp3) is 0.235. The van der Waals surface area contributed by atoms with Crippen LogP contribution in [0, 0.1) is 0 Å². The molecule has 4 nitrogen and oxygen atoms in total. The number of hydrogen-bond donors (Lipinski definition) is 1. The molecule has 0 amide bonds. The molecule has 2 N–H and O–H groups in total. The Bertz CT molecular complexity index is 734. The molecule has 3 aromatic rings. The Balaban J connectivity index is 1.96. The molecule has 108 valence electrons. The van der Waals surface area contributed by atoms with Crippen LogP contribution in [0.25, 0.3) is 10.9 Å². The fourth-order valence-corrected chi connectivity index (χ4v) is 2.63.